The fourth-order valence-corrected chi connectivity index (χ4v) is 1.82. The summed E-state index contributed by atoms with van der Waals surface area (Å²) in [6.45, 7) is 0. The van der Waals surface area contributed by atoms with Crippen molar-refractivity contribution in [3.05, 3.63) is 58.9 Å². The van der Waals surface area contributed by atoms with Crippen molar-refractivity contribution in [2.45, 2.75) is 0 Å². The summed E-state index contributed by atoms with van der Waals surface area (Å²) in [5.74, 6) is -1.32. The zero-order valence-electron chi connectivity index (χ0n) is 10.2. The van der Waals surface area contributed by atoms with E-state index >= 15 is 0 Å². The summed E-state index contributed by atoms with van der Waals surface area (Å²) < 4.78 is 13.3. The fraction of sp³-hybridized carbons (Fsp3) is 0. The third kappa shape index (κ3) is 3.16. The summed E-state index contributed by atoms with van der Waals surface area (Å²) in [6.07, 6.45) is 0. The molecule has 0 radical (unpaired) electrons. The van der Waals surface area contributed by atoms with Crippen LogP contribution in [-0.4, -0.2) is 23.1 Å². The van der Waals surface area contributed by atoms with Gasteiger partial charge in [-0.1, -0.05) is 23.7 Å². The van der Waals surface area contributed by atoms with E-state index in [1.165, 1.54) is 6.07 Å². The van der Waals surface area contributed by atoms with Crippen LogP contribution >= 0.6 is 11.6 Å². The molecule has 4 nitrogen and oxygen atoms in total. The SMILES string of the molecule is O=C(Nc1ccccc1Cl)c1ccc(F)c(B(O)O)c1. The van der Waals surface area contributed by atoms with Gasteiger partial charge in [-0.15, -0.1) is 0 Å². The van der Waals surface area contributed by atoms with Crippen molar-refractivity contribution in [1.82, 2.24) is 0 Å². The van der Waals surface area contributed by atoms with Gasteiger partial charge < -0.3 is 15.4 Å². The highest BCUT2D eigenvalue weighted by Crippen LogP contribution is 2.21. The number of hydrogen-bond acceptors (Lipinski definition) is 3. The van der Waals surface area contributed by atoms with E-state index in [1.807, 2.05) is 0 Å². The van der Waals surface area contributed by atoms with Crippen LogP contribution in [0, 0.1) is 5.82 Å². The van der Waals surface area contributed by atoms with Gasteiger partial charge >= 0.3 is 7.12 Å². The summed E-state index contributed by atoms with van der Waals surface area (Å²) in [6, 6.07) is 9.97. The lowest BCUT2D eigenvalue weighted by Gasteiger charge is -2.08. The number of anilines is 1. The number of para-hydroxylation sites is 1. The number of rotatable bonds is 3. The second kappa shape index (κ2) is 6.05. The van der Waals surface area contributed by atoms with Gasteiger partial charge in [0.25, 0.3) is 5.91 Å². The Hall–Kier alpha value is -1.89. The maximum atomic E-state index is 13.3. The first-order chi connectivity index (χ1) is 9.49. The molecule has 0 saturated heterocycles. The summed E-state index contributed by atoms with van der Waals surface area (Å²) in [7, 11) is -1.98. The van der Waals surface area contributed by atoms with Crippen molar-refractivity contribution in [2.24, 2.45) is 0 Å². The van der Waals surface area contributed by atoms with E-state index in [4.69, 9.17) is 21.6 Å². The van der Waals surface area contributed by atoms with Crippen LogP contribution in [-0.2, 0) is 0 Å². The van der Waals surface area contributed by atoms with Gasteiger partial charge in [-0.05, 0) is 30.3 Å². The molecule has 0 bridgehead atoms. The minimum atomic E-state index is -1.98. The second-order valence-electron chi connectivity index (χ2n) is 4.04. The number of carbonyl (C=O) groups excluding carboxylic acids is 1. The molecule has 0 saturated carbocycles. The Morgan fingerprint density at radius 1 is 1.20 bits per heavy atom. The van der Waals surface area contributed by atoms with Crippen LogP contribution in [0.3, 0.4) is 0 Å². The Morgan fingerprint density at radius 2 is 1.90 bits per heavy atom. The van der Waals surface area contributed by atoms with E-state index < -0.39 is 18.8 Å². The highest BCUT2D eigenvalue weighted by molar-refractivity contribution is 6.58. The Kier molecular flexibility index (Phi) is 4.39. The predicted octanol–water partition coefficient (Wildman–Crippen LogP) is 1.41. The molecule has 0 heterocycles. The molecule has 1 amide bonds. The first-order valence-corrected chi connectivity index (χ1v) is 6.08. The van der Waals surface area contributed by atoms with Gasteiger partial charge in [0, 0.05) is 11.0 Å². The fourth-order valence-electron chi connectivity index (χ4n) is 1.64. The van der Waals surface area contributed by atoms with Gasteiger partial charge in [-0.25, -0.2) is 4.39 Å². The number of nitrogens with one attached hydrogen (secondary N) is 1. The molecular formula is C13H10BClFNO3. The minimum Gasteiger partial charge on any atom is -0.423 e. The van der Waals surface area contributed by atoms with Crippen molar-refractivity contribution >= 4 is 35.8 Å². The van der Waals surface area contributed by atoms with Crippen molar-refractivity contribution in [3.63, 3.8) is 0 Å². The monoisotopic (exact) mass is 293 g/mol. The molecule has 3 N–H and O–H groups in total. The van der Waals surface area contributed by atoms with Gasteiger partial charge in [0.05, 0.1) is 10.7 Å². The lowest BCUT2D eigenvalue weighted by molar-refractivity contribution is 0.102. The number of hydrogen-bond donors (Lipinski definition) is 3. The van der Waals surface area contributed by atoms with Gasteiger partial charge in [-0.3, -0.25) is 4.79 Å². The summed E-state index contributed by atoms with van der Waals surface area (Å²) in [5.41, 5.74) is 0.140. The zero-order valence-corrected chi connectivity index (χ0v) is 10.9. The molecular weight excluding hydrogens is 283 g/mol. The minimum absolute atomic E-state index is 0.0921. The first kappa shape index (κ1) is 14.5. The summed E-state index contributed by atoms with van der Waals surface area (Å²) in [5, 5.41) is 20.9. The molecule has 7 heteroatoms. The Bertz CT molecular complexity index is 651. The predicted molar refractivity (Wildman–Crippen MR) is 75.6 cm³/mol. The molecule has 0 fully saturated rings. The highest BCUT2D eigenvalue weighted by Gasteiger charge is 2.19. The molecule has 102 valence electrons. The van der Waals surface area contributed by atoms with Gasteiger partial charge in [0.1, 0.15) is 5.82 Å². The molecule has 0 aliphatic carbocycles. The molecule has 2 aromatic rings. The average molecular weight is 293 g/mol. The van der Waals surface area contributed by atoms with Gasteiger partial charge in [0.2, 0.25) is 0 Å². The third-order valence-electron chi connectivity index (χ3n) is 2.66. The molecule has 0 aromatic heterocycles. The van der Waals surface area contributed by atoms with Gasteiger partial charge in [-0.2, -0.15) is 0 Å². The average Bonchev–Trinajstić information content (AvgIpc) is 2.41. The molecule has 0 atom stereocenters. The van der Waals surface area contributed by atoms with E-state index in [2.05, 4.69) is 5.32 Å². The first-order valence-electron chi connectivity index (χ1n) is 5.70. The van der Waals surface area contributed by atoms with Crippen LogP contribution in [0.25, 0.3) is 0 Å². The van der Waals surface area contributed by atoms with Crippen LogP contribution in [0.4, 0.5) is 10.1 Å². The maximum absolute atomic E-state index is 13.3. The van der Waals surface area contributed by atoms with Crippen molar-refractivity contribution < 1.29 is 19.2 Å². The highest BCUT2D eigenvalue weighted by atomic mass is 35.5. The van der Waals surface area contributed by atoms with Gasteiger partial charge in [0.15, 0.2) is 0 Å². The molecule has 2 aromatic carbocycles. The topological polar surface area (TPSA) is 69.6 Å². The molecule has 0 spiro atoms. The van der Waals surface area contributed by atoms with E-state index in [0.717, 1.165) is 12.1 Å². The normalized spacial score (nSPS) is 10.2. The quantitative estimate of drug-likeness (QED) is 0.750. The number of halogens is 2. The van der Waals surface area contributed by atoms with E-state index in [1.54, 1.807) is 24.3 Å². The smallest absolute Gasteiger partial charge is 0.423 e. The van der Waals surface area contributed by atoms with Crippen LogP contribution < -0.4 is 10.8 Å². The Labute approximate surface area is 120 Å². The molecule has 2 rings (SSSR count). The van der Waals surface area contributed by atoms with Crippen LogP contribution in [0.2, 0.25) is 5.02 Å². The number of benzene rings is 2. The van der Waals surface area contributed by atoms with Crippen LogP contribution in [0.15, 0.2) is 42.5 Å². The number of carbonyl (C=O) groups is 1. The van der Waals surface area contributed by atoms with Crippen molar-refractivity contribution in [1.29, 1.82) is 0 Å². The van der Waals surface area contributed by atoms with E-state index in [0.29, 0.717) is 10.7 Å². The summed E-state index contributed by atoms with van der Waals surface area (Å²) in [4.78, 5) is 12.0. The largest absolute Gasteiger partial charge is 0.491 e. The number of amides is 1. The zero-order chi connectivity index (χ0) is 14.7. The van der Waals surface area contributed by atoms with Crippen molar-refractivity contribution in [2.75, 3.05) is 5.32 Å². The van der Waals surface area contributed by atoms with Crippen molar-refractivity contribution in [3.8, 4) is 0 Å². The van der Waals surface area contributed by atoms with Crippen LogP contribution in [0.5, 0.6) is 0 Å². The Morgan fingerprint density at radius 3 is 2.55 bits per heavy atom. The standard InChI is InChI=1S/C13H10BClFNO3/c15-10-3-1-2-4-12(10)17-13(18)8-5-6-11(16)9(7-8)14(19)20/h1-7,19-20H,(H,17,18). The lowest BCUT2D eigenvalue weighted by Crippen LogP contribution is -2.33. The lowest BCUT2D eigenvalue weighted by atomic mass is 9.79. The van der Waals surface area contributed by atoms with E-state index in [9.17, 15) is 9.18 Å². The molecule has 0 aliphatic heterocycles. The maximum Gasteiger partial charge on any atom is 0.491 e. The molecule has 0 unspecified atom stereocenters. The summed E-state index contributed by atoms with van der Waals surface area (Å²) >= 11 is 5.91. The third-order valence-corrected chi connectivity index (χ3v) is 2.99. The second-order valence-corrected chi connectivity index (χ2v) is 4.45. The molecule has 20 heavy (non-hydrogen) atoms. The molecule has 0 aliphatic rings. The van der Waals surface area contributed by atoms with E-state index in [-0.39, 0.29) is 11.0 Å². The Balaban J connectivity index is 2.26. The van der Waals surface area contributed by atoms with Crippen LogP contribution in [0.1, 0.15) is 10.4 Å².